The molecule has 0 saturated carbocycles. The zero-order chi connectivity index (χ0) is 76.1. The number of hydrogen-bond acceptors (Lipinski definition) is 18. The maximum Gasteiger partial charge on any atom is 0.308 e. The zero-order valence-electron chi connectivity index (χ0n) is 61.0. The van der Waals surface area contributed by atoms with E-state index in [4.69, 9.17) is 59.3 Å². The van der Waals surface area contributed by atoms with Crippen LogP contribution in [0.25, 0.3) is 15.0 Å². The van der Waals surface area contributed by atoms with Crippen LogP contribution in [0, 0.1) is 62.3 Å². The third-order valence-electron chi connectivity index (χ3n) is 18.0. The number of ketones is 1. The van der Waals surface area contributed by atoms with Gasteiger partial charge in [-0.15, -0.1) is 64.6 Å². The number of halogens is 6. The molecule has 19 nitrogen and oxygen atoms in total. The number of unbranched alkanes of at least 4 members (excludes halogenated alkanes) is 2. The minimum Gasteiger partial charge on any atom is -0.481 e. The Labute approximate surface area is 689 Å². The molecule has 13 rings (SSSR count). The van der Waals surface area contributed by atoms with Crippen molar-refractivity contribution in [2.75, 3.05) is 7.36 Å². The van der Waals surface area contributed by atoms with Gasteiger partial charge in [-0.1, -0.05) is 165 Å². The summed E-state index contributed by atoms with van der Waals surface area (Å²) in [6.45, 7) is 23.9. The van der Waals surface area contributed by atoms with Gasteiger partial charge in [0.25, 0.3) is 0 Å². The number of aryl methyl sites for hydroxylation is 6. The van der Waals surface area contributed by atoms with Crippen LogP contribution in [0.1, 0.15) is 229 Å². The lowest BCUT2D eigenvalue weighted by molar-refractivity contribution is -0.155. The highest BCUT2D eigenvalue weighted by atomic mass is 127. The molecule has 9 aromatic rings. The molecule has 0 amide bonds. The second-order valence-corrected chi connectivity index (χ2v) is 36.0. The van der Waals surface area contributed by atoms with Gasteiger partial charge in [0.05, 0.1) is 32.4 Å². The number of hydrogen-bond donors (Lipinski definition) is 1. The number of aliphatic imine (C=N–C) groups is 3. The fraction of sp³-hybridized carbons (Fsp3) is 0.423. The number of carboxylic acids is 1. The van der Waals surface area contributed by atoms with E-state index in [1.165, 1.54) is 22.6 Å². The predicted octanol–water partition coefficient (Wildman–Crippen LogP) is 21.4. The van der Waals surface area contributed by atoms with Gasteiger partial charge in [-0.2, -0.15) is 0 Å². The number of thiophene rings is 3. The minimum atomic E-state index is -0.926. The van der Waals surface area contributed by atoms with Gasteiger partial charge in [0.1, 0.15) is 68.1 Å². The third kappa shape index (κ3) is 20.9. The number of ether oxygens (including phenoxy) is 2. The number of rotatable bonds is 16. The van der Waals surface area contributed by atoms with Crippen molar-refractivity contribution in [2.45, 2.75) is 204 Å². The van der Waals surface area contributed by atoms with Crippen LogP contribution >= 0.6 is 137 Å². The lowest BCUT2D eigenvalue weighted by atomic mass is 9.99. The van der Waals surface area contributed by atoms with E-state index in [2.05, 4.69) is 157 Å². The highest BCUT2D eigenvalue weighted by Crippen LogP contribution is 2.44. The number of carbonyl (C=O) groups excluding carboxylic acids is 3. The smallest absolute Gasteiger partial charge is 0.308 e. The molecule has 3 aromatic carbocycles. The Kier molecular flexibility index (Phi) is 31.6. The summed E-state index contributed by atoms with van der Waals surface area (Å²) in [5.74, 6) is 2.93. The molecule has 1 aliphatic carbocycles. The van der Waals surface area contributed by atoms with Gasteiger partial charge in [-0.3, -0.25) is 47.9 Å². The Bertz CT molecular complexity index is 4720. The average Bonchev–Trinajstić information content (AvgIpc) is 1.61. The van der Waals surface area contributed by atoms with Gasteiger partial charge in [-0.25, -0.2) is 0 Å². The third-order valence-corrected chi connectivity index (χ3v) is 22.3. The monoisotopic (exact) mass is 1890 g/mol. The second kappa shape index (κ2) is 39.1. The van der Waals surface area contributed by atoms with Crippen LogP contribution in [0.5, 0.6) is 0 Å². The van der Waals surface area contributed by atoms with Crippen LogP contribution in [0.15, 0.2) is 99.9 Å². The Morgan fingerprint density at radius 2 is 0.868 bits per heavy atom. The fourth-order valence-corrected chi connectivity index (χ4v) is 16.7. The molecule has 3 aliphatic heterocycles. The molecule has 0 radical (unpaired) electrons. The van der Waals surface area contributed by atoms with Crippen molar-refractivity contribution in [3.63, 3.8) is 0 Å². The van der Waals surface area contributed by atoms with Crippen molar-refractivity contribution in [2.24, 2.45) is 15.0 Å². The van der Waals surface area contributed by atoms with E-state index in [1.807, 2.05) is 128 Å². The van der Waals surface area contributed by atoms with E-state index in [-0.39, 0.29) is 50.5 Å². The number of fused-ring (bicyclic) bond motifs is 9. The van der Waals surface area contributed by atoms with Crippen molar-refractivity contribution in [3.8, 4) is 15.0 Å². The Hall–Kier alpha value is -5.93. The molecule has 564 valence electrons. The molecule has 9 heterocycles. The van der Waals surface area contributed by atoms with Gasteiger partial charge < -0.3 is 14.6 Å². The van der Waals surface area contributed by atoms with Gasteiger partial charge >= 0.3 is 17.9 Å². The van der Waals surface area contributed by atoms with Crippen LogP contribution in [-0.4, -0.2) is 109 Å². The highest BCUT2D eigenvalue weighted by molar-refractivity contribution is 14.2. The molecule has 0 fully saturated rings. The van der Waals surface area contributed by atoms with Crippen LogP contribution in [0.3, 0.4) is 0 Å². The number of nitrogens with zero attached hydrogens (tertiary/aromatic N) is 12. The topological polar surface area (TPSA) is 236 Å². The maximum atomic E-state index is 13.2. The van der Waals surface area contributed by atoms with Crippen LogP contribution < -0.4 is 0 Å². The normalized spacial score (nSPS) is 16.4. The summed E-state index contributed by atoms with van der Waals surface area (Å²) in [5.41, 5.74) is 11.2. The summed E-state index contributed by atoms with van der Waals surface area (Å²) in [6, 6.07) is 21.2. The summed E-state index contributed by atoms with van der Waals surface area (Å²) in [6.07, 6.45) is 12.7. The number of benzene rings is 3. The number of carboxylic acid groups (broad SMARTS) is 1. The predicted molar refractivity (Wildman–Crippen MR) is 457 cm³/mol. The summed E-state index contributed by atoms with van der Waals surface area (Å²) in [4.78, 5) is 70.5. The number of allylic oxidation sites excluding steroid dienone is 2. The first-order valence-corrected chi connectivity index (χ1v) is 43.3. The number of carbonyl (C=O) groups is 4. The molecule has 0 saturated heterocycles. The van der Waals surface area contributed by atoms with Crippen LogP contribution in [-0.2, 0) is 28.7 Å². The summed E-state index contributed by atoms with van der Waals surface area (Å²) in [5, 5.41) is 40.4. The van der Waals surface area contributed by atoms with Crippen molar-refractivity contribution in [3.05, 3.63) is 200 Å². The van der Waals surface area contributed by atoms with E-state index in [0.29, 0.717) is 45.4 Å². The van der Waals surface area contributed by atoms with Gasteiger partial charge in [0.15, 0.2) is 17.5 Å². The van der Waals surface area contributed by atoms with E-state index in [9.17, 15) is 24.3 Å². The molecule has 6 aromatic heterocycles. The van der Waals surface area contributed by atoms with Crippen molar-refractivity contribution in [1.82, 2.24) is 44.3 Å². The lowest BCUT2D eigenvalue weighted by Crippen LogP contribution is -2.25. The summed E-state index contributed by atoms with van der Waals surface area (Å²) in [7, 11) is 0. The Morgan fingerprint density at radius 3 is 1.25 bits per heavy atom. The molecule has 28 heteroatoms. The number of esters is 2. The number of aliphatic carboxylic acids is 1. The fourth-order valence-electron chi connectivity index (χ4n) is 12.7. The lowest BCUT2D eigenvalue weighted by Gasteiger charge is -2.21. The first-order valence-electron chi connectivity index (χ1n) is 34.5. The van der Waals surface area contributed by atoms with Gasteiger partial charge in [0, 0.05) is 82.3 Å². The number of Topliss-reactive ketones (excluding diaryl/α,β-unsaturated/α-hetero) is 1. The minimum absolute atomic E-state index is 0. The quantitative estimate of drug-likeness (QED) is 0.0312. The molecule has 4 aliphatic rings. The maximum absolute atomic E-state index is 13.2. The van der Waals surface area contributed by atoms with E-state index < -0.39 is 29.7 Å². The first-order chi connectivity index (χ1) is 50.1. The largest absolute Gasteiger partial charge is 0.481 e. The second-order valence-electron chi connectivity index (χ2n) is 26.6. The average molecular weight is 1890 g/mol. The van der Waals surface area contributed by atoms with Gasteiger partial charge in [-0.05, 0) is 186 Å². The molecule has 106 heavy (non-hydrogen) atoms. The van der Waals surface area contributed by atoms with Crippen molar-refractivity contribution < 1.29 is 33.8 Å². The zero-order valence-corrected chi connectivity index (χ0v) is 72.2. The molecule has 1 N–H and O–H groups in total. The molecule has 1 unspecified atom stereocenters. The molecular formula is C78H90Cl3I3N12O7S3. The molecule has 4 atom stereocenters. The Morgan fingerprint density at radius 1 is 0.509 bits per heavy atom. The van der Waals surface area contributed by atoms with E-state index in [1.54, 1.807) is 34.0 Å². The SMILES string of the molecule is C.CI.Cc1sc2c(c1C)C(c1ccc(Cl)cc1)=N[C@@H](CC(=O)CCCCCC(=O)OC1CC/C=C/CCC1)c1nnc(C)n1-2.Cc1sc2c(c1C)C(c1ccc(Cl)cc1)=N[C@@H](CC(=O)O)c1nnc(C)n1-2.Cc1sc2c(c1C)C(c1ccc(Cl)cc1)=N[C@@H](CC(=O)OC(C)(C)C)c1nnc(C)n1-2.ICI. The molecular weight excluding hydrogens is 1800 g/mol. The van der Waals surface area contributed by atoms with Gasteiger partial charge in [0.2, 0.25) is 0 Å². The molecule has 0 bridgehead atoms. The molecule has 0 spiro atoms. The van der Waals surface area contributed by atoms with Crippen molar-refractivity contribution in [1.29, 1.82) is 0 Å². The standard InChI is InChI=1S/C33H39ClN4O3S.C23H25ClN4O2S.C19H17ClN4O2S.CH2I2.CH3I.CH4/c1-21-22(2)42-33-30(21)31(24-16-18-25(34)19-17-24)35-28(32-37-36-23(3)38(32)33)20-26(39)12-8-7-11-15-29(40)41-27-13-9-5-4-6-10-14-27;1-12-13(2)31-22-19(12)20(15-7-9-16(24)10-8-15)25-17(11-18(29)30-23(4,5)6)21-27-26-14(3)28(21)22;1-9-10(2)27-19-16(9)17(12-4-6-13(20)7-5-12)21-14(8-15(25)26)18-23-22-11(3)24(18)19;2-1-3;1-2;/h4-5,16-19,27-28H,6-15,20H2,1-3H3;7-10,17H,11H2,1-6H3;4-7,14H,8H2,1-3H3,(H,25,26);1H2;1H3;1H4/b5-4+;;;;;/t27?,28-;17-;14-;;;/m000.../s1. The van der Waals surface area contributed by atoms with Crippen LogP contribution in [0.4, 0.5) is 0 Å². The first kappa shape index (κ1) is 85.7. The summed E-state index contributed by atoms with van der Waals surface area (Å²) >= 11 is 30.1. The van der Waals surface area contributed by atoms with Crippen molar-refractivity contribution >= 4 is 177 Å². The van der Waals surface area contributed by atoms with E-state index in [0.717, 1.165) is 145 Å². The highest BCUT2D eigenvalue weighted by Gasteiger charge is 2.37. The van der Waals surface area contributed by atoms with E-state index >= 15 is 0 Å². The van der Waals surface area contributed by atoms with Crippen LogP contribution in [0.2, 0.25) is 15.1 Å². The number of aromatic nitrogens is 9. The number of alkyl halides is 3. The summed E-state index contributed by atoms with van der Waals surface area (Å²) < 4.78 is 18.5. The Balaban J connectivity index is 0.000000198.